The molecule has 0 saturated carbocycles. The minimum absolute atomic E-state index is 0.0892. The summed E-state index contributed by atoms with van der Waals surface area (Å²) in [6, 6.07) is 11.0. The van der Waals surface area contributed by atoms with E-state index in [2.05, 4.69) is 10.3 Å². The van der Waals surface area contributed by atoms with Crippen LogP contribution in [-0.2, 0) is 11.3 Å². The van der Waals surface area contributed by atoms with E-state index in [0.717, 1.165) is 5.56 Å². The molecule has 0 unspecified atom stereocenters. The van der Waals surface area contributed by atoms with Gasteiger partial charge in [-0.25, -0.2) is 4.98 Å². The predicted molar refractivity (Wildman–Crippen MR) is 94.6 cm³/mol. The Labute approximate surface area is 151 Å². The second-order valence-corrected chi connectivity index (χ2v) is 5.50. The molecular weight excluding hydrogens is 336 g/mol. The van der Waals surface area contributed by atoms with Crippen LogP contribution in [0.4, 0.5) is 0 Å². The molecule has 0 saturated heterocycles. The lowest BCUT2D eigenvalue weighted by atomic mass is 10.1. The van der Waals surface area contributed by atoms with E-state index in [1.165, 1.54) is 24.3 Å². The fourth-order valence-corrected chi connectivity index (χ4v) is 2.27. The van der Waals surface area contributed by atoms with Crippen molar-refractivity contribution in [2.24, 2.45) is 5.73 Å². The number of carbonyl (C=O) groups is 3. The van der Waals surface area contributed by atoms with Crippen LogP contribution in [0.5, 0.6) is 5.75 Å². The zero-order valence-electron chi connectivity index (χ0n) is 14.6. The van der Waals surface area contributed by atoms with E-state index in [0.29, 0.717) is 6.54 Å². The highest BCUT2D eigenvalue weighted by Gasteiger charge is 2.20. The van der Waals surface area contributed by atoms with Gasteiger partial charge >= 0.3 is 0 Å². The molecule has 1 aromatic heterocycles. The molecule has 0 spiro atoms. The Kier molecular flexibility index (Phi) is 6.40. The summed E-state index contributed by atoms with van der Waals surface area (Å²) in [6.07, 6.45) is 1.27. The first-order valence-corrected chi connectivity index (χ1v) is 7.84. The van der Waals surface area contributed by atoms with E-state index in [4.69, 9.17) is 10.5 Å². The van der Waals surface area contributed by atoms with Crippen molar-refractivity contribution in [1.82, 2.24) is 15.2 Å². The van der Waals surface area contributed by atoms with Crippen LogP contribution < -0.4 is 15.8 Å². The Bertz CT molecular complexity index is 808. The van der Waals surface area contributed by atoms with Crippen molar-refractivity contribution < 1.29 is 19.1 Å². The van der Waals surface area contributed by atoms with Crippen LogP contribution >= 0.6 is 0 Å². The van der Waals surface area contributed by atoms with Gasteiger partial charge in [0, 0.05) is 19.8 Å². The highest BCUT2D eigenvalue weighted by molar-refractivity contribution is 6.06. The lowest BCUT2D eigenvalue weighted by Crippen LogP contribution is -2.36. The molecule has 0 aliphatic rings. The van der Waals surface area contributed by atoms with Gasteiger partial charge in [-0.2, -0.15) is 0 Å². The summed E-state index contributed by atoms with van der Waals surface area (Å²) in [5.41, 5.74) is 6.31. The van der Waals surface area contributed by atoms with Gasteiger partial charge in [0.25, 0.3) is 11.8 Å². The first-order valence-electron chi connectivity index (χ1n) is 7.84. The molecular formula is C18H20N4O4. The number of nitrogens with two attached hydrogens (primary N) is 1. The van der Waals surface area contributed by atoms with Crippen LogP contribution in [-0.4, -0.2) is 48.3 Å². The van der Waals surface area contributed by atoms with Crippen molar-refractivity contribution >= 4 is 17.7 Å². The number of rotatable bonds is 6. The second kappa shape index (κ2) is 8.72. The van der Waals surface area contributed by atoms with E-state index >= 15 is 0 Å². The number of carbonyl (C=O) groups excluding carboxylic acids is 3. The molecule has 1 aromatic carbocycles. The van der Waals surface area contributed by atoms with Crippen LogP contribution in [0.2, 0.25) is 0 Å². The van der Waals surface area contributed by atoms with Crippen LogP contribution in [0, 0.1) is 0 Å². The average molecular weight is 356 g/mol. The van der Waals surface area contributed by atoms with Crippen molar-refractivity contribution in [3.8, 4) is 5.75 Å². The Balaban J connectivity index is 2.18. The minimum atomic E-state index is -0.742. The monoisotopic (exact) mass is 356 g/mol. The summed E-state index contributed by atoms with van der Waals surface area (Å²) in [5.74, 6) is -1.56. The lowest BCUT2D eigenvalue weighted by Gasteiger charge is -2.18. The third kappa shape index (κ3) is 4.64. The molecule has 8 nitrogen and oxygen atoms in total. The number of nitrogens with one attached hydrogen (secondary N) is 1. The van der Waals surface area contributed by atoms with Crippen molar-refractivity contribution in [2.75, 3.05) is 20.7 Å². The van der Waals surface area contributed by atoms with Gasteiger partial charge < -0.3 is 15.4 Å². The number of nitrogens with zero attached hydrogens (tertiary/aromatic N) is 2. The van der Waals surface area contributed by atoms with Crippen LogP contribution in [0.15, 0.2) is 42.6 Å². The van der Waals surface area contributed by atoms with E-state index in [1.807, 2.05) is 30.3 Å². The maximum Gasteiger partial charge on any atom is 0.280 e. The molecule has 8 heteroatoms. The number of amides is 3. The summed E-state index contributed by atoms with van der Waals surface area (Å²) in [5, 5.41) is 2.08. The van der Waals surface area contributed by atoms with Gasteiger partial charge in [-0.15, -0.1) is 0 Å². The fourth-order valence-electron chi connectivity index (χ4n) is 2.27. The third-order valence-electron chi connectivity index (χ3n) is 3.58. The largest absolute Gasteiger partial charge is 0.494 e. The Morgan fingerprint density at radius 1 is 1.23 bits per heavy atom. The molecule has 136 valence electrons. The first-order chi connectivity index (χ1) is 12.5. The Morgan fingerprint density at radius 3 is 2.54 bits per heavy atom. The number of hydrogen-bond acceptors (Lipinski definition) is 6. The molecule has 0 bridgehead atoms. The first kappa shape index (κ1) is 19.1. The SMILES string of the molecule is COc1cc(C(=O)N(C)Cc2ccccc2)cnc1C(=O)NC(=O)CN. The fraction of sp³-hybridized carbons (Fsp3) is 0.222. The average Bonchev–Trinajstić information content (AvgIpc) is 2.67. The van der Waals surface area contributed by atoms with Crippen molar-refractivity contribution in [3.05, 3.63) is 59.4 Å². The highest BCUT2D eigenvalue weighted by atomic mass is 16.5. The van der Waals surface area contributed by atoms with Crippen molar-refractivity contribution in [3.63, 3.8) is 0 Å². The maximum absolute atomic E-state index is 12.6. The zero-order valence-corrected chi connectivity index (χ0v) is 14.6. The second-order valence-electron chi connectivity index (χ2n) is 5.50. The topological polar surface area (TPSA) is 115 Å². The maximum atomic E-state index is 12.6. The van der Waals surface area contributed by atoms with Crippen LogP contribution in [0.25, 0.3) is 0 Å². The normalized spacial score (nSPS) is 10.1. The number of aromatic nitrogens is 1. The quantitative estimate of drug-likeness (QED) is 0.782. The molecule has 0 aliphatic heterocycles. The van der Waals surface area contributed by atoms with Gasteiger partial charge in [0.05, 0.1) is 19.2 Å². The smallest absolute Gasteiger partial charge is 0.280 e. The molecule has 3 N–H and O–H groups in total. The number of methoxy groups -OCH3 is 1. The number of pyridine rings is 1. The Hall–Kier alpha value is -3.26. The van der Waals surface area contributed by atoms with E-state index in [1.54, 1.807) is 7.05 Å². The molecule has 0 radical (unpaired) electrons. The van der Waals surface area contributed by atoms with Crippen molar-refractivity contribution in [2.45, 2.75) is 6.54 Å². The molecule has 1 heterocycles. The van der Waals surface area contributed by atoms with Gasteiger partial charge in [0.2, 0.25) is 5.91 Å². The van der Waals surface area contributed by atoms with Gasteiger partial charge in [0.1, 0.15) is 0 Å². The number of imide groups is 1. The minimum Gasteiger partial charge on any atom is -0.494 e. The van der Waals surface area contributed by atoms with E-state index < -0.39 is 11.8 Å². The standard InChI is InChI=1S/C18H20N4O4/c1-22(11-12-6-4-3-5-7-12)18(25)13-8-14(26-2)16(20-10-13)17(24)21-15(23)9-19/h3-8,10H,9,11,19H2,1-2H3,(H,21,23,24). The molecule has 3 amide bonds. The molecule has 0 fully saturated rings. The Morgan fingerprint density at radius 2 is 1.92 bits per heavy atom. The molecule has 0 aliphatic carbocycles. The summed E-state index contributed by atoms with van der Waals surface area (Å²) in [6.45, 7) is 0.101. The summed E-state index contributed by atoms with van der Waals surface area (Å²) < 4.78 is 5.13. The van der Waals surface area contributed by atoms with Gasteiger partial charge in [0.15, 0.2) is 11.4 Å². The van der Waals surface area contributed by atoms with Crippen LogP contribution in [0.3, 0.4) is 0 Å². The third-order valence-corrected chi connectivity index (χ3v) is 3.58. The zero-order chi connectivity index (χ0) is 19.1. The van der Waals surface area contributed by atoms with Crippen molar-refractivity contribution in [1.29, 1.82) is 0 Å². The molecule has 26 heavy (non-hydrogen) atoms. The van der Waals surface area contributed by atoms with E-state index in [9.17, 15) is 14.4 Å². The highest BCUT2D eigenvalue weighted by Crippen LogP contribution is 2.19. The van der Waals surface area contributed by atoms with Gasteiger partial charge in [-0.05, 0) is 11.6 Å². The number of ether oxygens (including phenoxy) is 1. The number of hydrogen-bond donors (Lipinski definition) is 2. The summed E-state index contributed by atoms with van der Waals surface area (Å²) >= 11 is 0. The van der Waals surface area contributed by atoms with Gasteiger partial charge in [-0.3, -0.25) is 19.7 Å². The van der Waals surface area contributed by atoms with E-state index in [-0.39, 0.29) is 29.5 Å². The molecule has 2 aromatic rings. The summed E-state index contributed by atoms with van der Waals surface area (Å²) in [7, 11) is 3.02. The molecule has 2 rings (SSSR count). The van der Waals surface area contributed by atoms with Gasteiger partial charge in [-0.1, -0.05) is 30.3 Å². The molecule has 0 atom stereocenters. The number of benzene rings is 1. The lowest BCUT2D eigenvalue weighted by molar-refractivity contribution is -0.118. The van der Waals surface area contributed by atoms with Crippen LogP contribution in [0.1, 0.15) is 26.4 Å². The predicted octanol–water partition coefficient (Wildman–Crippen LogP) is 0.577. The summed E-state index contributed by atoms with van der Waals surface area (Å²) in [4.78, 5) is 41.4.